The van der Waals surface area contributed by atoms with Crippen LogP contribution in [0.3, 0.4) is 0 Å². The number of anilines is 2. The number of carbonyl (C=O) groups excluding carboxylic acids is 1. The minimum absolute atomic E-state index is 0.118. The monoisotopic (exact) mass is 344 g/mol. The number of nitrogens with zero attached hydrogens (tertiary/aromatic N) is 3. The number of carbonyl (C=O) groups is 1. The smallest absolute Gasteiger partial charge is 0.257 e. The van der Waals surface area contributed by atoms with E-state index in [-0.39, 0.29) is 18.2 Å². The van der Waals surface area contributed by atoms with E-state index in [1.807, 2.05) is 0 Å². The molecule has 6 nitrogen and oxygen atoms in total. The van der Waals surface area contributed by atoms with Crippen LogP contribution < -0.4 is 5.32 Å². The Labute approximate surface area is 145 Å². The Morgan fingerprint density at radius 2 is 1.92 bits per heavy atom. The molecule has 2 heterocycles. The zero-order valence-electron chi connectivity index (χ0n) is 13.9. The summed E-state index contributed by atoms with van der Waals surface area (Å²) in [5.41, 5.74) is 0.698. The van der Waals surface area contributed by atoms with Crippen LogP contribution in [0.4, 0.5) is 15.9 Å². The Morgan fingerprint density at radius 3 is 2.64 bits per heavy atom. The maximum atomic E-state index is 13.9. The van der Waals surface area contributed by atoms with E-state index in [4.69, 9.17) is 5.11 Å². The minimum atomic E-state index is -0.399. The number of nitrogens with one attached hydrogen (secondary N) is 1. The number of amides is 1. The number of pyridine rings is 1. The summed E-state index contributed by atoms with van der Waals surface area (Å²) in [4.78, 5) is 20.9. The van der Waals surface area contributed by atoms with Gasteiger partial charge in [0.25, 0.3) is 5.91 Å². The molecule has 1 saturated heterocycles. The predicted octanol–water partition coefficient (Wildman–Crippen LogP) is 1.71. The molecule has 2 N–H and O–H groups in total. The highest BCUT2D eigenvalue weighted by molar-refractivity contribution is 5.99. The summed E-state index contributed by atoms with van der Waals surface area (Å²) in [5.74, 6) is -0.185. The third-order valence-electron chi connectivity index (χ3n) is 4.24. The van der Waals surface area contributed by atoms with Crippen molar-refractivity contribution in [3.63, 3.8) is 0 Å². The molecule has 1 aliphatic heterocycles. The quantitative estimate of drug-likeness (QED) is 0.864. The largest absolute Gasteiger partial charge is 0.395 e. The number of rotatable bonds is 5. The molecule has 0 atom stereocenters. The van der Waals surface area contributed by atoms with Crippen molar-refractivity contribution in [2.45, 2.75) is 0 Å². The van der Waals surface area contributed by atoms with Gasteiger partial charge in [-0.1, -0.05) is 12.1 Å². The second kappa shape index (κ2) is 8.04. The van der Waals surface area contributed by atoms with Crippen LogP contribution in [0.5, 0.6) is 0 Å². The Bertz CT molecular complexity index is 733. The third-order valence-corrected chi connectivity index (χ3v) is 4.24. The van der Waals surface area contributed by atoms with E-state index < -0.39 is 5.82 Å². The summed E-state index contributed by atoms with van der Waals surface area (Å²) in [7, 11) is 0. The first-order valence-electron chi connectivity index (χ1n) is 8.28. The van der Waals surface area contributed by atoms with Crippen molar-refractivity contribution in [2.24, 2.45) is 0 Å². The summed E-state index contributed by atoms with van der Waals surface area (Å²) >= 11 is 0. The van der Waals surface area contributed by atoms with E-state index in [9.17, 15) is 9.18 Å². The molecule has 0 bridgehead atoms. The van der Waals surface area contributed by atoms with Crippen LogP contribution in [-0.2, 0) is 0 Å². The first-order valence-corrected chi connectivity index (χ1v) is 8.28. The maximum Gasteiger partial charge on any atom is 0.257 e. The summed E-state index contributed by atoms with van der Waals surface area (Å²) in [6.45, 7) is 3.37. The lowest BCUT2D eigenvalue weighted by Gasteiger charge is -2.34. The lowest BCUT2D eigenvalue weighted by atomic mass is 10.2. The van der Waals surface area contributed by atoms with Crippen LogP contribution in [-0.4, -0.2) is 65.1 Å². The van der Waals surface area contributed by atoms with Gasteiger partial charge in [-0.2, -0.15) is 0 Å². The molecular formula is C18H21FN4O2. The van der Waals surface area contributed by atoms with Crippen LogP contribution in [0.1, 0.15) is 10.4 Å². The van der Waals surface area contributed by atoms with Crippen LogP contribution in [0.25, 0.3) is 0 Å². The molecule has 7 heteroatoms. The minimum Gasteiger partial charge on any atom is -0.395 e. The number of hydrogen-bond donors (Lipinski definition) is 2. The molecule has 1 fully saturated rings. The average Bonchev–Trinajstić information content (AvgIpc) is 2.64. The average molecular weight is 344 g/mol. The number of hydrogen-bond acceptors (Lipinski definition) is 5. The van der Waals surface area contributed by atoms with Gasteiger partial charge in [0.15, 0.2) is 0 Å². The van der Waals surface area contributed by atoms with Gasteiger partial charge in [-0.3, -0.25) is 9.69 Å². The second-order valence-corrected chi connectivity index (χ2v) is 5.86. The van der Waals surface area contributed by atoms with Gasteiger partial charge < -0.3 is 15.3 Å². The Hall–Kier alpha value is -2.51. The number of piperazine rings is 1. The van der Waals surface area contributed by atoms with Crippen molar-refractivity contribution >= 4 is 17.4 Å². The number of para-hydroxylation sites is 1. The number of halogens is 1. The zero-order valence-corrected chi connectivity index (χ0v) is 13.9. The van der Waals surface area contributed by atoms with Crippen LogP contribution in [0.15, 0.2) is 42.6 Å². The van der Waals surface area contributed by atoms with E-state index in [0.29, 0.717) is 31.0 Å². The number of aliphatic hydroxyl groups excluding tert-OH is 1. The molecular weight excluding hydrogens is 323 g/mol. The Kier molecular flexibility index (Phi) is 5.57. The van der Waals surface area contributed by atoms with E-state index in [0.717, 1.165) is 13.1 Å². The fourth-order valence-corrected chi connectivity index (χ4v) is 2.85. The molecule has 2 aromatic rings. The molecule has 3 rings (SSSR count). The lowest BCUT2D eigenvalue weighted by molar-refractivity contribution is 0.0615. The molecule has 1 aromatic carbocycles. The van der Waals surface area contributed by atoms with E-state index >= 15 is 0 Å². The number of β-amino-alcohol motifs (C(OH)–C–C–N with tert-alkyl or cyclic N) is 1. The SMILES string of the molecule is O=C(c1cccnc1Nc1ccccc1F)N1CCN(CCO)CC1. The molecule has 1 aliphatic rings. The highest BCUT2D eigenvalue weighted by Gasteiger charge is 2.24. The molecule has 0 saturated carbocycles. The molecule has 132 valence electrons. The highest BCUT2D eigenvalue weighted by Crippen LogP contribution is 2.22. The molecule has 0 unspecified atom stereocenters. The molecule has 1 aromatic heterocycles. The number of aliphatic hydroxyl groups is 1. The molecule has 0 aliphatic carbocycles. The number of aromatic nitrogens is 1. The Morgan fingerprint density at radius 1 is 1.16 bits per heavy atom. The predicted molar refractivity (Wildman–Crippen MR) is 93.3 cm³/mol. The van der Waals surface area contributed by atoms with Gasteiger partial charge in [-0.15, -0.1) is 0 Å². The van der Waals surface area contributed by atoms with Crippen molar-refractivity contribution in [1.82, 2.24) is 14.8 Å². The van der Waals surface area contributed by atoms with Crippen molar-refractivity contribution in [1.29, 1.82) is 0 Å². The lowest BCUT2D eigenvalue weighted by Crippen LogP contribution is -2.49. The van der Waals surface area contributed by atoms with Crippen LogP contribution >= 0.6 is 0 Å². The van der Waals surface area contributed by atoms with E-state index in [1.54, 1.807) is 41.4 Å². The highest BCUT2D eigenvalue weighted by atomic mass is 19.1. The van der Waals surface area contributed by atoms with E-state index in [1.165, 1.54) is 6.07 Å². The molecule has 1 amide bonds. The van der Waals surface area contributed by atoms with Crippen molar-refractivity contribution < 1.29 is 14.3 Å². The maximum absolute atomic E-state index is 13.9. The second-order valence-electron chi connectivity index (χ2n) is 5.86. The topological polar surface area (TPSA) is 68.7 Å². The van der Waals surface area contributed by atoms with E-state index in [2.05, 4.69) is 15.2 Å². The number of benzene rings is 1. The summed E-state index contributed by atoms with van der Waals surface area (Å²) in [5, 5.41) is 11.9. The third kappa shape index (κ3) is 4.12. The van der Waals surface area contributed by atoms with Crippen LogP contribution in [0, 0.1) is 5.82 Å². The van der Waals surface area contributed by atoms with Gasteiger partial charge in [-0.25, -0.2) is 9.37 Å². The fourth-order valence-electron chi connectivity index (χ4n) is 2.85. The van der Waals surface area contributed by atoms with Gasteiger partial charge in [0, 0.05) is 38.9 Å². The normalized spacial score (nSPS) is 15.2. The fraction of sp³-hybridized carbons (Fsp3) is 0.333. The zero-order chi connectivity index (χ0) is 17.6. The summed E-state index contributed by atoms with van der Waals surface area (Å²) in [6.07, 6.45) is 1.57. The first-order chi connectivity index (χ1) is 12.2. The van der Waals surface area contributed by atoms with Crippen molar-refractivity contribution in [2.75, 3.05) is 44.6 Å². The van der Waals surface area contributed by atoms with Gasteiger partial charge >= 0.3 is 0 Å². The van der Waals surface area contributed by atoms with Crippen molar-refractivity contribution in [3.05, 3.63) is 54.0 Å². The van der Waals surface area contributed by atoms with Gasteiger partial charge in [0.2, 0.25) is 0 Å². The summed E-state index contributed by atoms with van der Waals surface area (Å²) in [6, 6.07) is 9.67. The summed E-state index contributed by atoms with van der Waals surface area (Å²) < 4.78 is 13.9. The molecule has 0 radical (unpaired) electrons. The van der Waals surface area contributed by atoms with Gasteiger partial charge in [-0.05, 0) is 24.3 Å². The Balaban J connectivity index is 1.74. The van der Waals surface area contributed by atoms with Crippen molar-refractivity contribution in [3.8, 4) is 0 Å². The molecule has 25 heavy (non-hydrogen) atoms. The van der Waals surface area contributed by atoms with Crippen LogP contribution in [0.2, 0.25) is 0 Å². The standard InChI is InChI=1S/C18H21FN4O2/c19-15-5-1-2-6-16(15)21-17-14(4-3-7-20-17)18(25)23-10-8-22(9-11-23)12-13-24/h1-7,24H,8-13H2,(H,20,21). The molecule has 0 spiro atoms. The van der Waals surface area contributed by atoms with Gasteiger partial charge in [0.05, 0.1) is 17.9 Å². The first kappa shape index (κ1) is 17.3. The van der Waals surface area contributed by atoms with Gasteiger partial charge in [0.1, 0.15) is 11.6 Å².